The van der Waals surface area contributed by atoms with Crippen LogP contribution >= 0.6 is 11.3 Å². The summed E-state index contributed by atoms with van der Waals surface area (Å²) in [6.07, 6.45) is 3.68. The third-order valence-corrected chi connectivity index (χ3v) is 8.09. The van der Waals surface area contributed by atoms with E-state index in [0.717, 1.165) is 35.7 Å². The van der Waals surface area contributed by atoms with E-state index in [1.165, 1.54) is 19.3 Å². The maximum absolute atomic E-state index is 12.8. The highest BCUT2D eigenvalue weighted by atomic mass is 32.2. The van der Waals surface area contributed by atoms with E-state index < -0.39 is 16.1 Å². The van der Waals surface area contributed by atoms with Crippen molar-refractivity contribution in [2.24, 2.45) is 0 Å². The number of hydrogen-bond acceptors (Lipinski definition) is 7. The predicted octanol–water partition coefficient (Wildman–Crippen LogP) is 3.82. The maximum Gasteiger partial charge on any atom is 0.270 e. The van der Waals surface area contributed by atoms with Crippen molar-refractivity contribution >= 4 is 38.1 Å². The van der Waals surface area contributed by atoms with E-state index in [2.05, 4.69) is 25.1 Å². The standard InChI is InChI=1S/C22H25N5O3S2/c1-16(17-10-12-19(13-11-17)27-14-6-3-7-15-27)26-32(29,30)22-25-24-21(31-22)23-20(28)18-8-4-2-5-9-18/h2,4-5,8-13,16,26H,3,6-7,14-15H2,1H3,(H,23,24,28)/t16-/m0/s1. The van der Waals surface area contributed by atoms with Gasteiger partial charge in [-0.1, -0.05) is 41.7 Å². The van der Waals surface area contributed by atoms with E-state index >= 15 is 0 Å². The molecule has 10 heteroatoms. The third-order valence-electron chi connectivity index (χ3n) is 5.34. The normalized spacial score (nSPS) is 15.3. The van der Waals surface area contributed by atoms with Crippen molar-refractivity contribution in [1.29, 1.82) is 0 Å². The predicted molar refractivity (Wildman–Crippen MR) is 126 cm³/mol. The molecule has 1 aliphatic heterocycles. The van der Waals surface area contributed by atoms with Crippen LogP contribution in [0.3, 0.4) is 0 Å². The molecule has 0 aliphatic carbocycles. The number of benzene rings is 2. The van der Waals surface area contributed by atoms with Crippen LogP contribution in [-0.4, -0.2) is 37.6 Å². The Morgan fingerprint density at radius 3 is 2.38 bits per heavy atom. The molecule has 2 N–H and O–H groups in total. The number of carbonyl (C=O) groups is 1. The molecule has 1 aliphatic rings. The van der Waals surface area contributed by atoms with Gasteiger partial charge in [0.2, 0.25) is 9.47 Å². The Hall–Kier alpha value is -2.82. The molecule has 0 bridgehead atoms. The smallest absolute Gasteiger partial charge is 0.270 e. The van der Waals surface area contributed by atoms with Crippen LogP contribution in [0.15, 0.2) is 58.9 Å². The molecule has 168 valence electrons. The van der Waals surface area contributed by atoms with Crippen molar-refractivity contribution in [3.05, 3.63) is 65.7 Å². The summed E-state index contributed by atoms with van der Waals surface area (Å²) in [5.41, 5.74) is 2.47. The average Bonchev–Trinajstić information content (AvgIpc) is 3.30. The summed E-state index contributed by atoms with van der Waals surface area (Å²) in [5, 5.41) is 10.3. The van der Waals surface area contributed by atoms with Crippen LogP contribution in [0.4, 0.5) is 10.8 Å². The molecular weight excluding hydrogens is 446 g/mol. The summed E-state index contributed by atoms with van der Waals surface area (Å²) in [4.78, 5) is 14.6. The quantitative estimate of drug-likeness (QED) is 0.508. The number of nitrogens with one attached hydrogen (secondary N) is 2. The molecule has 32 heavy (non-hydrogen) atoms. The Kier molecular flexibility index (Phi) is 6.83. The Bertz CT molecular complexity index is 1160. The number of aromatic nitrogens is 2. The third kappa shape index (κ3) is 5.32. The van der Waals surface area contributed by atoms with Gasteiger partial charge in [0.25, 0.3) is 15.9 Å². The number of nitrogens with zero attached hydrogens (tertiary/aromatic N) is 3. The van der Waals surface area contributed by atoms with Gasteiger partial charge in [-0.05, 0) is 56.0 Å². The maximum atomic E-state index is 12.8. The molecule has 0 unspecified atom stereocenters. The Morgan fingerprint density at radius 1 is 1.00 bits per heavy atom. The van der Waals surface area contributed by atoms with Crippen LogP contribution in [0, 0.1) is 0 Å². The van der Waals surface area contributed by atoms with Gasteiger partial charge in [-0.25, -0.2) is 13.1 Å². The summed E-state index contributed by atoms with van der Waals surface area (Å²) in [5.74, 6) is -0.374. The highest BCUT2D eigenvalue weighted by Gasteiger charge is 2.24. The van der Waals surface area contributed by atoms with Crippen LogP contribution in [0.5, 0.6) is 0 Å². The molecule has 1 amide bonds. The molecular formula is C22H25N5O3S2. The van der Waals surface area contributed by atoms with Crippen LogP contribution in [0.1, 0.15) is 48.1 Å². The van der Waals surface area contributed by atoms with E-state index in [4.69, 9.17) is 0 Å². The fourth-order valence-corrected chi connectivity index (χ4v) is 5.75. The van der Waals surface area contributed by atoms with Gasteiger partial charge in [-0.15, -0.1) is 10.2 Å². The molecule has 0 spiro atoms. The van der Waals surface area contributed by atoms with Crippen molar-refractivity contribution in [2.45, 2.75) is 36.6 Å². The largest absolute Gasteiger partial charge is 0.372 e. The molecule has 1 aromatic heterocycles. The highest BCUT2D eigenvalue weighted by molar-refractivity contribution is 7.91. The Balaban J connectivity index is 1.40. The fourth-order valence-electron chi connectivity index (χ4n) is 3.60. The summed E-state index contributed by atoms with van der Waals surface area (Å²) in [6.45, 7) is 3.90. The van der Waals surface area contributed by atoms with Gasteiger partial charge in [0, 0.05) is 30.4 Å². The number of piperidine rings is 1. The van der Waals surface area contributed by atoms with E-state index in [9.17, 15) is 13.2 Å². The zero-order chi connectivity index (χ0) is 22.6. The number of carbonyl (C=O) groups excluding carboxylic acids is 1. The van der Waals surface area contributed by atoms with Crippen LogP contribution in [-0.2, 0) is 10.0 Å². The first kappa shape index (κ1) is 22.4. The average molecular weight is 472 g/mol. The monoisotopic (exact) mass is 471 g/mol. The van der Waals surface area contributed by atoms with Gasteiger partial charge in [-0.2, -0.15) is 0 Å². The highest BCUT2D eigenvalue weighted by Crippen LogP contribution is 2.25. The lowest BCUT2D eigenvalue weighted by Crippen LogP contribution is -2.29. The van der Waals surface area contributed by atoms with Gasteiger partial charge in [-0.3, -0.25) is 10.1 Å². The number of sulfonamides is 1. The second-order valence-corrected chi connectivity index (χ2v) is 10.5. The molecule has 2 aromatic carbocycles. The number of rotatable bonds is 7. The minimum Gasteiger partial charge on any atom is -0.372 e. The molecule has 0 radical (unpaired) electrons. The molecule has 0 saturated carbocycles. The van der Waals surface area contributed by atoms with Gasteiger partial charge < -0.3 is 4.90 Å². The summed E-state index contributed by atoms with van der Waals surface area (Å²) in [6, 6.07) is 16.1. The first-order chi connectivity index (χ1) is 15.4. The molecule has 8 nitrogen and oxygen atoms in total. The second-order valence-electron chi connectivity index (χ2n) is 7.68. The number of amides is 1. The lowest BCUT2D eigenvalue weighted by molar-refractivity contribution is 0.102. The summed E-state index contributed by atoms with van der Waals surface area (Å²) >= 11 is 0.810. The minimum absolute atomic E-state index is 0.123. The molecule has 1 atom stereocenters. The first-order valence-electron chi connectivity index (χ1n) is 10.5. The number of anilines is 2. The lowest BCUT2D eigenvalue weighted by Gasteiger charge is -2.29. The molecule has 4 rings (SSSR count). The van der Waals surface area contributed by atoms with Gasteiger partial charge in [0.15, 0.2) is 0 Å². The van der Waals surface area contributed by atoms with Crippen molar-refractivity contribution in [1.82, 2.24) is 14.9 Å². The SMILES string of the molecule is C[C@H](NS(=O)(=O)c1nnc(NC(=O)c2ccccc2)s1)c1ccc(N2CCCCC2)cc1. The Morgan fingerprint density at radius 2 is 1.69 bits per heavy atom. The zero-order valence-corrected chi connectivity index (χ0v) is 19.3. The van der Waals surface area contributed by atoms with Crippen molar-refractivity contribution in [3.8, 4) is 0 Å². The molecule has 1 saturated heterocycles. The lowest BCUT2D eigenvalue weighted by atomic mass is 10.1. The topological polar surface area (TPSA) is 104 Å². The van der Waals surface area contributed by atoms with E-state index in [1.807, 2.05) is 24.3 Å². The van der Waals surface area contributed by atoms with Gasteiger partial charge in [0.1, 0.15) is 0 Å². The van der Waals surface area contributed by atoms with Crippen molar-refractivity contribution in [2.75, 3.05) is 23.3 Å². The summed E-state index contributed by atoms with van der Waals surface area (Å²) < 4.78 is 28.0. The molecule has 1 fully saturated rings. The molecule has 2 heterocycles. The Labute approximate surface area is 191 Å². The van der Waals surface area contributed by atoms with Crippen LogP contribution < -0.4 is 14.9 Å². The van der Waals surface area contributed by atoms with Gasteiger partial charge in [0.05, 0.1) is 0 Å². The van der Waals surface area contributed by atoms with Crippen LogP contribution in [0.25, 0.3) is 0 Å². The van der Waals surface area contributed by atoms with Gasteiger partial charge >= 0.3 is 0 Å². The van der Waals surface area contributed by atoms with E-state index in [1.54, 1.807) is 37.3 Å². The van der Waals surface area contributed by atoms with Crippen molar-refractivity contribution in [3.63, 3.8) is 0 Å². The second kappa shape index (κ2) is 9.76. The first-order valence-corrected chi connectivity index (χ1v) is 12.8. The number of hydrogen-bond donors (Lipinski definition) is 2. The summed E-state index contributed by atoms with van der Waals surface area (Å²) in [7, 11) is -3.88. The van der Waals surface area contributed by atoms with E-state index in [0.29, 0.717) is 5.56 Å². The van der Waals surface area contributed by atoms with Crippen LogP contribution in [0.2, 0.25) is 0 Å². The fraction of sp³-hybridized carbons (Fsp3) is 0.318. The minimum atomic E-state index is -3.88. The zero-order valence-electron chi connectivity index (χ0n) is 17.7. The molecule has 3 aromatic rings. The van der Waals surface area contributed by atoms with E-state index in [-0.39, 0.29) is 15.4 Å². The van der Waals surface area contributed by atoms with Crippen molar-refractivity contribution < 1.29 is 13.2 Å².